The minimum Gasteiger partial charge on any atom is -0.490 e. The molecule has 0 aliphatic heterocycles. The van der Waals surface area contributed by atoms with E-state index in [0.717, 1.165) is 0 Å². The van der Waals surface area contributed by atoms with Crippen LogP contribution in [0.5, 0.6) is 5.75 Å². The molecule has 29 heavy (non-hydrogen) atoms. The number of aromatic nitrogens is 4. The quantitative estimate of drug-likeness (QED) is 0.593. The minimum atomic E-state index is -0.152. The molecule has 0 fully saturated rings. The number of nitrogens with one attached hydrogen (secondary N) is 1. The van der Waals surface area contributed by atoms with E-state index in [1.54, 1.807) is 12.5 Å². The molecule has 3 aromatic rings. The molecule has 1 N–H and O–H groups in total. The van der Waals surface area contributed by atoms with Crippen LogP contribution in [0, 0.1) is 0 Å². The fraction of sp³-hybridized carbons (Fsp3) is 0.429. The van der Waals surface area contributed by atoms with E-state index in [1.807, 2.05) is 55.8 Å². The van der Waals surface area contributed by atoms with Gasteiger partial charge in [0.25, 0.3) is 0 Å². The van der Waals surface area contributed by atoms with Crippen molar-refractivity contribution in [1.29, 1.82) is 0 Å². The molecular weight excluding hydrogens is 370 g/mol. The summed E-state index contributed by atoms with van der Waals surface area (Å²) in [5.74, 6) is 1.81. The molecular formula is C21H27N5O3. The number of para-hydroxylation sites is 2. The molecule has 0 saturated heterocycles. The maximum absolute atomic E-state index is 12.3. The Morgan fingerprint density at radius 3 is 2.83 bits per heavy atom. The van der Waals surface area contributed by atoms with Crippen LogP contribution in [0.2, 0.25) is 0 Å². The van der Waals surface area contributed by atoms with Crippen LogP contribution in [0.25, 0.3) is 0 Å². The topological polar surface area (TPSA) is 95.1 Å². The van der Waals surface area contributed by atoms with Crippen molar-refractivity contribution in [2.24, 2.45) is 0 Å². The van der Waals surface area contributed by atoms with Crippen molar-refractivity contribution in [2.45, 2.75) is 52.0 Å². The molecule has 0 spiro atoms. The first-order valence-electron chi connectivity index (χ1n) is 9.72. The molecule has 8 heteroatoms. The van der Waals surface area contributed by atoms with Crippen LogP contribution in [0.1, 0.15) is 45.3 Å². The van der Waals surface area contributed by atoms with Gasteiger partial charge in [0.2, 0.25) is 11.8 Å². The fourth-order valence-electron chi connectivity index (χ4n) is 2.65. The largest absolute Gasteiger partial charge is 0.490 e. The highest BCUT2D eigenvalue weighted by atomic mass is 16.5. The van der Waals surface area contributed by atoms with Crippen LogP contribution < -0.4 is 10.1 Å². The summed E-state index contributed by atoms with van der Waals surface area (Å²) in [5, 5.41) is 6.92. The number of hydrogen-bond acceptors (Lipinski definition) is 6. The van der Waals surface area contributed by atoms with E-state index in [9.17, 15) is 4.79 Å². The SMILES string of the molecule is CC(C)(C)c1noc(CCCC(=O)Nc2ccccc2OCCn2ccnc2)n1. The first-order valence-corrected chi connectivity index (χ1v) is 9.72. The molecule has 0 atom stereocenters. The molecule has 154 valence electrons. The lowest BCUT2D eigenvalue weighted by atomic mass is 9.96. The zero-order valence-corrected chi connectivity index (χ0v) is 17.1. The Labute approximate surface area is 170 Å². The Morgan fingerprint density at radius 1 is 1.28 bits per heavy atom. The summed E-state index contributed by atoms with van der Waals surface area (Å²) in [4.78, 5) is 20.7. The molecule has 1 amide bonds. The van der Waals surface area contributed by atoms with Gasteiger partial charge in [0.15, 0.2) is 5.82 Å². The van der Waals surface area contributed by atoms with E-state index in [-0.39, 0.29) is 11.3 Å². The van der Waals surface area contributed by atoms with Crippen LogP contribution in [0.15, 0.2) is 47.5 Å². The van der Waals surface area contributed by atoms with Crippen molar-refractivity contribution < 1.29 is 14.1 Å². The Morgan fingerprint density at radius 2 is 2.10 bits per heavy atom. The van der Waals surface area contributed by atoms with Gasteiger partial charge >= 0.3 is 0 Å². The molecule has 0 radical (unpaired) electrons. The van der Waals surface area contributed by atoms with Gasteiger partial charge < -0.3 is 19.1 Å². The van der Waals surface area contributed by atoms with E-state index in [2.05, 4.69) is 20.4 Å². The number of benzene rings is 1. The molecule has 0 unspecified atom stereocenters. The highest BCUT2D eigenvalue weighted by molar-refractivity contribution is 5.92. The number of imidazole rings is 1. The zero-order valence-electron chi connectivity index (χ0n) is 17.1. The number of amides is 1. The third kappa shape index (κ3) is 6.17. The van der Waals surface area contributed by atoms with E-state index in [0.29, 0.717) is 55.6 Å². The smallest absolute Gasteiger partial charge is 0.226 e. The molecule has 0 aliphatic rings. The number of carbonyl (C=O) groups excluding carboxylic acids is 1. The monoisotopic (exact) mass is 397 g/mol. The molecule has 3 rings (SSSR count). The number of aryl methyl sites for hydroxylation is 1. The average molecular weight is 397 g/mol. The van der Waals surface area contributed by atoms with Crippen molar-refractivity contribution in [2.75, 3.05) is 11.9 Å². The van der Waals surface area contributed by atoms with Gasteiger partial charge in [-0.2, -0.15) is 4.98 Å². The zero-order chi connectivity index (χ0) is 20.7. The number of hydrogen-bond donors (Lipinski definition) is 1. The Balaban J connectivity index is 1.46. The number of rotatable bonds is 9. The van der Waals surface area contributed by atoms with E-state index in [4.69, 9.17) is 9.26 Å². The van der Waals surface area contributed by atoms with Crippen LogP contribution in [-0.2, 0) is 23.2 Å². The van der Waals surface area contributed by atoms with Crippen LogP contribution >= 0.6 is 0 Å². The second-order valence-electron chi connectivity index (χ2n) is 7.81. The molecule has 0 bridgehead atoms. The van der Waals surface area contributed by atoms with Gasteiger partial charge in [-0.15, -0.1) is 0 Å². The predicted molar refractivity (Wildman–Crippen MR) is 109 cm³/mol. The second kappa shape index (κ2) is 9.36. The molecule has 0 aliphatic carbocycles. The predicted octanol–water partition coefficient (Wildman–Crippen LogP) is 3.60. The van der Waals surface area contributed by atoms with Gasteiger partial charge in [0.05, 0.1) is 18.6 Å². The van der Waals surface area contributed by atoms with Gasteiger partial charge in [0, 0.05) is 30.7 Å². The lowest BCUT2D eigenvalue weighted by molar-refractivity contribution is -0.116. The second-order valence-corrected chi connectivity index (χ2v) is 7.81. The number of ether oxygens (including phenoxy) is 1. The van der Waals surface area contributed by atoms with Gasteiger partial charge in [0.1, 0.15) is 12.4 Å². The number of nitrogens with zero attached hydrogens (tertiary/aromatic N) is 4. The lowest BCUT2D eigenvalue weighted by Crippen LogP contribution is -2.14. The number of anilines is 1. The van der Waals surface area contributed by atoms with E-state index < -0.39 is 0 Å². The van der Waals surface area contributed by atoms with Crippen molar-refractivity contribution in [3.8, 4) is 5.75 Å². The molecule has 2 heterocycles. The summed E-state index contributed by atoms with van der Waals surface area (Å²) < 4.78 is 13.0. The van der Waals surface area contributed by atoms with E-state index in [1.165, 1.54) is 0 Å². The molecule has 8 nitrogen and oxygen atoms in total. The summed E-state index contributed by atoms with van der Waals surface area (Å²) in [7, 11) is 0. The van der Waals surface area contributed by atoms with Crippen LogP contribution in [-0.4, -0.2) is 32.2 Å². The first kappa shape index (κ1) is 20.6. The Kier molecular flexibility index (Phi) is 6.64. The summed E-state index contributed by atoms with van der Waals surface area (Å²) in [6.07, 6.45) is 6.90. The maximum atomic E-state index is 12.3. The van der Waals surface area contributed by atoms with E-state index >= 15 is 0 Å². The standard InChI is InChI=1S/C21H27N5O3/c1-21(2,3)20-24-19(29-25-20)10-6-9-18(27)23-16-7-4-5-8-17(16)28-14-13-26-12-11-22-15-26/h4-5,7-8,11-12,15H,6,9-10,13-14H2,1-3H3,(H,23,27). The Hall–Kier alpha value is -3.16. The highest BCUT2D eigenvalue weighted by Crippen LogP contribution is 2.24. The summed E-state index contributed by atoms with van der Waals surface area (Å²) in [5.41, 5.74) is 0.511. The fourth-order valence-corrected chi connectivity index (χ4v) is 2.65. The summed E-state index contributed by atoms with van der Waals surface area (Å²) in [6, 6.07) is 7.42. The first-order chi connectivity index (χ1) is 13.9. The van der Waals surface area contributed by atoms with Crippen molar-refractivity contribution in [3.63, 3.8) is 0 Å². The summed E-state index contributed by atoms with van der Waals surface area (Å²) >= 11 is 0. The normalized spacial score (nSPS) is 11.4. The molecule has 0 saturated carbocycles. The Bertz CT molecular complexity index is 913. The lowest BCUT2D eigenvalue weighted by Gasteiger charge is -2.12. The van der Waals surface area contributed by atoms with Gasteiger partial charge in [-0.05, 0) is 18.6 Å². The molecule has 1 aromatic carbocycles. The highest BCUT2D eigenvalue weighted by Gasteiger charge is 2.20. The van der Waals surface area contributed by atoms with Gasteiger partial charge in [-0.1, -0.05) is 38.1 Å². The minimum absolute atomic E-state index is 0.0776. The van der Waals surface area contributed by atoms with Crippen LogP contribution in [0.3, 0.4) is 0 Å². The van der Waals surface area contributed by atoms with Gasteiger partial charge in [-0.3, -0.25) is 4.79 Å². The third-order valence-corrected chi connectivity index (χ3v) is 4.26. The van der Waals surface area contributed by atoms with Crippen molar-refractivity contribution in [1.82, 2.24) is 19.7 Å². The molecule has 2 aromatic heterocycles. The third-order valence-electron chi connectivity index (χ3n) is 4.26. The average Bonchev–Trinajstić information content (AvgIpc) is 3.35. The van der Waals surface area contributed by atoms with Crippen LogP contribution in [0.4, 0.5) is 5.69 Å². The maximum Gasteiger partial charge on any atom is 0.226 e. The van der Waals surface area contributed by atoms with Crippen molar-refractivity contribution >= 4 is 11.6 Å². The number of carbonyl (C=O) groups is 1. The van der Waals surface area contributed by atoms with Crippen molar-refractivity contribution in [3.05, 3.63) is 54.7 Å². The van der Waals surface area contributed by atoms with Gasteiger partial charge in [-0.25, -0.2) is 4.98 Å². The summed E-state index contributed by atoms with van der Waals surface area (Å²) in [6.45, 7) is 7.26.